The minimum Gasteiger partial charge on any atom is -0.393 e. The summed E-state index contributed by atoms with van der Waals surface area (Å²) in [7, 11) is 0. The molecule has 2 N–H and O–H groups in total. The summed E-state index contributed by atoms with van der Waals surface area (Å²) in [6, 6.07) is 10.1. The largest absolute Gasteiger partial charge is 0.393 e. The molecule has 0 bridgehead atoms. The molecule has 3 rings (SSSR count). The van der Waals surface area contributed by atoms with Crippen LogP contribution in [0.2, 0.25) is 0 Å². The first kappa shape index (κ1) is 15.7. The van der Waals surface area contributed by atoms with Gasteiger partial charge in [-0.1, -0.05) is 40.6 Å². The minimum absolute atomic E-state index is 0.0217. The molecule has 1 aromatic carbocycles. The molecule has 0 radical (unpaired) electrons. The van der Waals surface area contributed by atoms with Gasteiger partial charge in [-0.25, -0.2) is 4.63 Å². The van der Waals surface area contributed by atoms with Crippen molar-refractivity contribution in [3.63, 3.8) is 0 Å². The number of rotatable bonds is 6. The first-order valence-electron chi connectivity index (χ1n) is 7.91. The number of nitrogens with one attached hydrogen (secondary N) is 1. The first-order chi connectivity index (χ1) is 11.1. The van der Waals surface area contributed by atoms with Gasteiger partial charge in [-0.3, -0.25) is 4.79 Å². The van der Waals surface area contributed by atoms with Gasteiger partial charge in [-0.15, -0.1) is 0 Å². The third kappa shape index (κ3) is 3.96. The number of benzene rings is 1. The summed E-state index contributed by atoms with van der Waals surface area (Å²) in [5.74, 6) is 0.219. The van der Waals surface area contributed by atoms with E-state index in [1.165, 1.54) is 5.56 Å². The Bertz CT molecular complexity index is 650. The van der Waals surface area contributed by atoms with E-state index in [2.05, 4.69) is 32.4 Å². The lowest BCUT2D eigenvalue weighted by molar-refractivity contribution is -0.122. The average Bonchev–Trinajstić information content (AvgIpc) is 2.89. The fourth-order valence-electron chi connectivity index (χ4n) is 2.98. The van der Waals surface area contributed by atoms with E-state index in [1.807, 2.05) is 18.2 Å². The van der Waals surface area contributed by atoms with Crippen LogP contribution in [0.15, 0.2) is 35.0 Å². The highest BCUT2D eigenvalue weighted by atomic mass is 16.6. The predicted octanol–water partition coefficient (Wildman–Crippen LogP) is 1.42. The van der Waals surface area contributed by atoms with Gasteiger partial charge >= 0.3 is 0 Å². The lowest BCUT2D eigenvalue weighted by atomic mass is 9.75. The third-order valence-electron chi connectivity index (χ3n) is 4.44. The SMILES string of the molecule is Cc1nonc1CC(=O)NC(Cc1ccccc1)C1CC(O)C1. The number of aliphatic hydroxyl groups excluding tert-OH is 1. The van der Waals surface area contributed by atoms with Crippen LogP contribution in [0.1, 0.15) is 29.8 Å². The molecule has 1 aliphatic rings. The highest BCUT2D eigenvalue weighted by molar-refractivity contribution is 5.78. The van der Waals surface area contributed by atoms with Gasteiger partial charge in [0.1, 0.15) is 11.4 Å². The molecular formula is C17H21N3O3. The molecule has 23 heavy (non-hydrogen) atoms. The molecule has 1 aliphatic carbocycles. The molecule has 0 saturated heterocycles. The van der Waals surface area contributed by atoms with Crippen molar-refractivity contribution in [2.45, 2.75) is 44.8 Å². The summed E-state index contributed by atoms with van der Waals surface area (Å²) in [4.78, 5) is 12.3. The van der Waals surface area contributed by atoms with Crippen molar-refractivity contribution in [3.05, 3.63) is 47.3 Å². The molecule has 122 valence electrons. The Balaban J connectivity index is 1.63. The van der Waals surface area contributed by atoms with E-state index >= 15 is 0 Å². The van der Waals surface area contributed by atoms with E-state index in [0.717, 1.165) is 19.3 Å². The molecule has 1 amide bonds. The lowest BCUT2D eigenvalue weighted by Gasteiger charge is -2.38. The van der Waals surface area contributed by atoms with E-state index in [9.17, 15) is 9.90 Å². The summed E-state index contributed by atoms with van der Waals surface area (Å²) < 4.78 is 4.63. The Labute approximate surface area is 134 Å². The molecule has 1 heterocycles. The molecule has 6 heteroatoms. The summed E-state index contributed by atoms with van der Waals surface area (Å²) in [5, 5.41) is 20.1. The molecule has 1 atom stereocenters. The molecule has 6 nitrogen and oxygen atoms in total. The Kier molecular flexibility index (Phi) is 4.71. The van der Waals surface area contributed by atoms with Gasteiger partial charge in [0.25, 0.3) is 0 Å². The number of hydrogen-bond acceptors (Lipinski definition) is 5. The van der Waals surface area contributed by atoms with Crippen molar-refractivity contribution in [1.29, 1.82) is 0 Å². The van der Waals surface area contributed by atoms with Crippen LogP contribution >= 0.6 is 0 Å². The highest BCUT2D eigenvalue weighted by Crippen LogP contribution is 2.31. The van der Waals surface area contributed by atoms with Gasteiger partial charge in [-0.2, -0.15) is 0 Å². The van der Waals surface area contributed by atoms with Crippen LogP contribution in [-0.2, 0) is 17.6 Å². The van der Waals surface area contributed by atoms with Crippen LogP contribution in [0, 0.1) is 12.8 Å². The number of nitrogens with zero attached hydrogens (tertiary/aromatic N) is 2. The topological polar surface area (TPSA) is 88.2 Å². The molecule has 1 fully saturated rings. The molecule has 0 spiro atoms. The maximum Gasteiger partial charge on any atom is 0.226 e. The quantitative estimate of drug-likeness (QED) is 0.841. The van der Waals surface area contributed by atoms with Crippen molar-refractivity contribution < 1.29 is 14.5 Å². The van der Waals surface area contributed by atoms with Crippen LogP contribution in [0.25, 0.3) is 0 Å². The zero-order valence-corrected chi connectivity index (χ0v) is 13.1. The number of carbonyl (C=O) groups is 1. The molecule has 1 saturated carbocycles. The lowest BCUT2D eigenvalue weighted by Crippen LogP contribution is -2.48. The minimum atomic E-state index is -0.239. The molecule has 1 aromatic heterocycles. The van der Waals surface area contributed by atoms with E-state index in [0.29, 0.717) is 17.3 Å². The third-order valence-corrected chi connectivity index (χ3v) is 4.44. The van der Waals surface area contributed by atoms with Crippen LogP contribution in [0.4, 0.5) is 0 Å². The number of hydrogen-bond donors (Lipinski definition) is 2. The molecular weight excluding hydrogens is 294 g/mol. The first-order valence-corrected chi connectivity index (χ1v) is 7.91. The van der Waals surface area contributed by atoms with Crippen LogP contribution in [0.5, 0.6) is 0 Å². The van der Waals surface area contributed by atoms with Gasteiger partial charge in [-0.05, 0) is 37.7 Å². The van der Waals surface area contributed by atoms with Crippen LogP contribution in [0.3, 0.4) is 0 Å². The van der Waals surface area contributed by atoms with E-state index < -0.39 is 0 Å². The van der Waals surface area contributed by atoms with E-state index in [4.69, 9.17) is 0 Å². The second kappa shape index (κ2) is 6.91. The molecule has 0 aliphatic heterocycles. The van der Waals surface area contributed by atoms with Crippen molar-refractivity contribution in [1.82, 2.24) is 15.6 Å². The monoisotopic (exact) mass is 315 g/mol. The Morgan fingerprint density at radius 1 is 1.35 bits per heavy atom. The standard InChI is InChI=1S/C17H21N3O3/c1-11-15(20-23-19-11)10-17(22)18-16(13-8-14(21)9-13)7-12-5-3-2-4-6-12/h2-6,13-14,16,21H,7-10H2,1H3,(H,18,22). The average molecular weight is 315 g/mol. The second-order valence-corrected chi connectivity index (χ2v) is 6.22. The Hall–Kier alpha value is -2.21. The smallest absolute Gasteiger partial charge is 0.226 e. The maximum absolute atomic E-state index is 12.3. The van der Waals surface area contributed by atoms with Crippen LogP contribution < -0.4 is 5.32 Å². The van der Waals surface area contributed by atoms with Crippen molar-refractivity contribution >= 4 is 5.91 Å². The van der Waals surface area contributed by atoms with E-state index in [1.54, 1.807) is 6.92 Å². The Morgan fingerprint density at radius 3 is 2.70 bits per heavy atom. The molecule has 2 aromatic rings. The van der Waals surface area contributed by atoms with Gasteiger partial charge in [0.2, 0.25) is 5.91 Å². The van der Waals surface area contributed by atoms with Gasteiger partial charge < -0.3 is 10.4 Å². The fraction of sp³-hybridized carbons (Fsp3) is 0.471. The van der Waals surface area contributed by atoms with E-state index in [-0.39, 0.29) is 24.5 Å². The highest BCUT2D eigenvalue weighted by Gasteiger charge is 2.34. The van der Waals surface area contributed by atoms with Gasteiger partial charge in [0.15, 0.2) is 0 Å². The summed E-state index contributed by atoms with van der Waals surface area (Å²) in [6.07, 6.45) is 2.16. The maximum atomic E-state index is 12.3. The Morgan fingerprint density at radius 2 is 2.09 bits per heavy atom. The summed E-state index contributed by atoms with van der Waals surface area (Å²) in [6.45, 7) is 1.77. The van der Waals surface area contributed by atoms with Gasteiger partial charge in [0.05, 0.1) is 12.5 Å². The molecule has 1 unspecified atom stereocenters. The number of aliphatic hydroxyl groups is 1. The summed E-state index contributed by atoms with van der Waals surface area (Å²) in [5.41, 5.74) is 2.38. The number of amides is 1. The predicted molar refractivity (Wildman–Crippen MR) is 83.5 cm³/mol. The zero-order chi connectivity index (χ0) is 16.2. The number of aryl methyl sites for hydroxylation is 1. The van der Waals surface area contributed by atoms with Crippen molar-refractivity contribution in [2.75, 3.05) is 0 Å². The number of aromatic nitrogens is 2. The normalized spacial score (nSPS) is 21.5. The van der Waals surface area contributed by atoms with Crippen molar-refractivity contribution in [2.24, 2.45) is 5.92 Å². The fourth-order valence-corrected chi connectivity index (χ4v) is 2.98. The van der Waals surface area contributed by atoms with Crippen molar-refractivity contribution in [3.8, 4) is 0 Å². The summed E-state index contributed by atoms with van der Waals surface area (Å²) >= 11 is 0. The zero-order valence-electron chi connectivity index (χ0n) is 13.1. The number of carbonyl (C=O) groups excluding carboxylic acids is 1. The van der Waals surface area contributed by atoms with Crippen LogP contribution in [-0.4, -0.2) is 33.5 Å². The van der Waals surface area contributed by atoms with Gasteiger partial charge in [0, 0.05) is 6.04 Å². The second-order valence-electron chi connectivity index (χ2n) is 6.22.